The number of hydrogen-bond donors (Lipinski definition) is 1. The van der Waals surface area contributed by atoms with Crippen LogP contribution >= 0.6 is 11.6 Å². The van der Waals surface area contributed by atoms with Gasteiger partial charge in [0.05, 0.1) is 15.5 Å². The SMILES string of the molecule is CN(C)C(CNS(=O)(=O)c1ccc(C#N)c(Cl)c1)Cc1ccccc1. The lowest BCUT2D eigenvalue weighted by molar-refractivity contribution is 0.291. The van der Waals surface area contributed by atoms with Crippen LogP contribution in [0.1, 0.15) is 11.1 Å². The van der Waals surface area contributed by atoms with Gasteiger partial charge in [-0.25, -0.2) is 13.1 Å². The molecule has 0 aliphatic carbocycles. The highest BCUT2D eigenvalue weighted by Crippen LogP contribution is 2.20. The molecule has 0 amide bonds. The summed E-state index contributed by atoms with van der Waals surface area (Å²) in [6, 6.07) is 15.9. The van der Waals surface area contributed by atoms with Crippen LogP contribution in [0.25, 0.3) is 0 Å². The lowest BCUT2D eigenvalue weighted by atomic mass is 10.1. The lowest BCUT2D eigenvalue weighted by Gasteiger charge is -2.24. The lowest BCUT2D eigenvalue weighted by Crippen LogP contribution is -2.41. The Labute approximate surface area is 153 Å². The molecule has 132 valence electrons. The Bertz CT molecular complexity index is 862. The van der Waals surface area contributed by atoms with E-state index in [0.717, 1.165) is 12.0 Å². The van der Waals surface area contributed by atoms with Gasteiger partial charge in [0.2, 0.25) is 10.0 Å². The van der Waals surface area contributed by atoms with Gasteiger partial charge in [-0.1, -0.05) is 41.9 Å². The Balaban J connectivity index is 2.11. The van der Waals surface area contributed by atoms with Gasteiger partial charge in [0, 0.05) is 12.6 Å². The number of halogens is 1. The molecule has 25 heavy (non-hydrogen) atoms. The van der Waals surface area contributed by atoms with Crippen molar-refractivity contribution >= 4 is 21.6 Å². The van der Waals surface area contributed by atoms with E-state index in [1.807, 2.05) is 55.4 Å². The summed E-state index contributed by atoms with van der Waals surface area (Å²) in [5.41, 5.74) is 1.39. The number of nitrogens with one attached hydrogen (secondary N) is 1. The number of hydrogen-bond acceptors (Lipinski definition) is 4. The van der Waals surface area contributed by atoms with Crippen LogP contribution in [-0.2, 0) is 16.4 Å². The van der Waals surface area contributed by atoms with E-state index in [0.29, 0.717) is 0 Å². The maximum atomic E-state index is 12.5. The first-order chi connectivity index (χ1) is 11.8. The Morgan fingerprint density at radius 1 is 1.20 bits per heavy atom. The van der Waals surface area contributed by atoms with Gasteiger partial charge in [0.15, 0.2) is 0 Å². The molecule has 0 saturated heterocycles. The van der Waals surface area contributed by atoms with Crippen molar-refractivity contribution in [1.82, 2.24) is 9.62 Å². The standard InChI is InChI=1S/C18H20ClN3O2S/c1-22(2)16(10-14-6-4-3-5-7-14)13-21-25(23,24)17-9-8-15(12-20)18(19)11-17/h3-9,11,16,21H,10,13H2,1-2H3. The molecule has 1 atom stereocenters. The maximum absolute atomic E-state index is 12.5. The molecular weight excluding hydrogens is 358 g/mol. The van der Waals surface area contributed by atoms with Crippen LogP contribution in [-0.4, -0.2) is 40.0 Å². The van der Waals surface area contributed by atoms with Gasteiger partial charge in [-0.15, -0.1) is 0 Å². The maximum Gasteiger partial charge on any atom is 0.240 e. The van der Waals surface area contributed by atoms with Gasteiger partial charge in [-0.2, -0.15) is 5.26 Å². The number of likely N-dealkylation sites (N-methyl/N-ethyl adjacent to an activating group) is 1. The fourth-order valence-corrected chi connectivity index (χ4v) is 3.75. The first-order valence-electron chi connectivity index (χ1n) is 7.73. The molecule has 1 unspecified atom stereocenters. The summed E-state index contributed by atoms with van der Waals surface area (Å²) in [6.07, 6.45) is 0.727. The van der Waals surface area contributed by atoms with Gasteiger partial charge in [0.25, 0.3) is 0 Å². The number of benzene rings is 2. The van der Waals surface area contributed by atoms with Crippen molar-refractivity contribution in [2.24, 2.45) is 0 Å². The highest BCUT2D eigenvalue weighted by Gasteiger charge is 2.19. The van der Waals surface area contributed by atoms with E-state index in [1.165, 1.54) is 18.2 Å². The molecule has 5 nitrogen and oxygen atoms in total. The minimum Gasteiger partial charge on any atom is -0.305 e. The average Bonchev–Trinajstić information content (AvgIpc) is 2.59. The second kappa shape index (κ2) is 8.45. The molecular formula is C18H20ClN3O2S. The van der Waals surface area contributed by atoms with Crippen LogP contribution in [0, 0.1) is 11.3 Å². The fraction of sp³-hybridized carbons (Fsp3) is 0.278. The van der Waals surface area contributed by atoms with E-state index in [-0.39, 0.29) is 28.1 Å². The number of nitriles is 1. The molecule has 7 heteroatoms. The molecule has 0 bridgehead atoms. The monoisotopic (exact) mass is 377 g/mol. The normalized spacial score (nSPS) is 12.8. The predicted molar refractivity (Wildman–Crippen MR) is 99.0 cm³/mol. The van der Waals surface area contributed by atoms with Gasteiger partial charge in [-0.3, -0.25) is 0 Å². The third-order valence-corrected chi connectivity index (χ3v) is 5.66. The van der Waals surface area contributed by atoms with E-state index >= 15 is 0 Å². The second-order valence-corrected chi connectivity index (χ2v) is 8.09. The quantitative estimate of drug-likeness (QED) is 0.805. The Morgan fingerprint density at radius 2 is 1.88 bits per heavy atom. The van der Waals surface area contributed by atoms with Crippen LogP contribution < -0.4 is 4.72 Å². The molecule has 1 N–H and O–H groups in total. The van der Waals surface area contributed by atoms with Gasteiger partial charge in [-0.05, 0) is 44.3 Å². The first-order valence-corrected chi connectivity index (χ1v) is 9.59. The highest BCUT2D eigenvalue weighted by molar-refractivity contribution is 7.89. The third kappa shape index (κ3) is 5.28. The topological polar surface area (TPSA) is 73.2 Å². The van der Waals surface area contributed by atoms with Crippen LogP contribution in [0.2, 0.25) is 5.02 Å². The molecule has 2 aromatic rings. The van der Waals surface area contributed by atoms with Crippen molar-refractivity contribution in [1.29, 1.82) is 5.26 Å². The second-order valence-electron chi connectivity index (χ2n) is 5.91. The van der Waals surface area contributed by atoms with Crippen molar-refractivity contribution in [3.8, 4) is 6.07 Å². The average molecular weight is 378 g/mol. The minimum atomic E-state index is -3.70. The van der Waals surface area contributed by atoms with Crippen LogP contribution in [0.15, 0.2) is 53.4 Å². The molecule has 0 radical (unpaired) electrons. The zero-order valence-corrected chi connectivity index (χ0v) is 15.7. The zero-order chi connectivity index (χ0) is 18.4. The van der Waals surface area contributed by atoms with Crippen LogP contribution in [0.5, 0.6) is 0 Å². The van der Waals surface area contributed by atoms with E-state index in [9.17, 15) is 8.42 Å². The molecule has 0 fully saturated rings. The van der Waals surface area contributed by atoms with E-state index in [2.05, 4.69) is 4.72 Å². The zero-order valence-electron chi connectivity index (χ0n) is 14.1. The molecule has 0 aliphatic rings. The summed E-state index contributed by atoms with van der Waals surface area (Å²) < 4.78 is 27.6. The summed E-state index contributed by atoms with van der Waals surface area (Å²) in [5, 5.41) is 9.01. The Kier molecular flexibility index (Phi) is 6.57. The van der Waals surface area contributed by atoms with Crippen molar-refractivity contribution in [2.75, 3.05) is 20.6 Å². The summed E-state index contributed by atoms with van der Waals surface area (Å²) >= 11 is 5.93. The predicted octanol–water partition coefficient (Wildman–Crippen LogP) is 2.66. The summed E-state index contributed by atoms with van der Waals surface area (Å²) in [6.45, 7) is 0.266. The Morgan fingerprint density at radius 3 is 2.44 bits per heavy atom. The van der Waals surface area contributed by atoms with Gasteiger partial charge >= 0.3 is 0 Å². The van der Waals surface area contributed by atoms with Crippen LogP contribution in [0.3, 0.4) is 0 Å². The molecule has 0 spiro atoms. The van der Waals surface area contributed by atoms with Crippen molar-refractivity contribution in [3.05, 3.63) is 64.7 Å². The van der Waals surface area contributed by atoms with E-state index in [1.54, 1.807) is 0 Å². The number of sulfonamides is 1. The largest absolute Gasteiger partial charge is 0.305 e. The van der Waals surface area contributed by atoms with E-state index < -0.39 is 10.0 Å². The third-order valence-electron chi connectivity index (χ3n) is 3.92. The smallest absolute Gasteiger partial charge is 0.240 e. The summed E-state index contributed by atoms with van der Waals surface area (Å²) in [7, 11) is 0.135. The number of nitrogens with zero attached hydrogens (tertiary/aromatic N) is 2. The van der Waals surface area contributed by atoms with Crippen molar-refractivity contribution in [3.63, 3.8) is 0 Å². The summed E-state index contributed by atoms with van der Waals surface area (Å²) in [5.74, 6) is 0. The molecule has 0 heterocycles. The molecule has 2 rings (SSSR count). The van der Waals surface area contributed by atoms with Crippen molar-refractivity contribution in [2.45, 2.75) is 17.4 Å². The summed E-state index contributed by atoms with van der Waals surface area (Å²) in [4.78, 5) is 2.04. The van der Waals surface area contributed by atoms with Gasteiger partial charge < -0.3 is 4.90 Å². The fourth-order valence-electron chi connectivity index (χ4n) is 2.37. The molecule has 0 saturated carbocycles. The molecule has 0 aliphatic heterocycles. The Hall–Kier alpha value is -1.91. The molecule has 2 aromatic carbocycles. The molecule has 0 aromatic heterocycles. The van der Waals surface area contributed by atoms with E-state index in [4.69, 9.17) is 16.9 Å². The number of rotatable bonds is 7. The van der Waals surface area contributed by atoms with Gasteiger partial charge in [0.1, 0.15) is 6.07 Å². The van der Waals surface area contributed by atoms with Crippen molar-refractivity contribution < 1.29 is 8.42 Å². The minimum absolute atomic E-state index is 0.00558. The highest BCUT2D eigenvalue weighted by atomic mass is 35.5. The first kappa shape index (κ1) is 19.4. The van der Waals surface area contributed by atoms with Crippen LogP contribution in [0.4, 0.5) is 0 Å².